The molecule has 0 aliphatic carbocycles. The van der Waals surface area contributed by atoms with E-state index in [9.17, 15) is 9.36 Å². The molecule has 5 aromatic rings. The number of fused-ring (bicyclic) bond motifs is 1. The van der Waals surface area contributed by atoms with E-state index < -0.39 is 13.2 Å². The Hall–Kier alpha value is -5.01. The molecule has 1 heterocycles. The van der Waals surface area contributed by atoms with Gasteiger partial charge >= 0.3 is 6.03 Å². The number of nitrogens with one attached hydrogen (secondary N) is 3. The quantitative estimate of drug-likeness (QED) is 0.138. The van der Waals surface area contributed by atoms with Crippen molar-refractivity contribution < 1.29 is 23.6 Å². The molecule has 3 N–H and O–H groups in total. The van der Waals surface area contributed by atoms with Crippen molar-refractivity contribution >= 4 is 52.1 Å². The number of benzene rings is 4. The molecule has 4 aromatic carbocycles. The third-order valence-electron chi connectivity index (χ3n) is 7.40. The monoisotopic (exact) mass is 638 g/mol. The number of ether oxygens (including phenoxy) is 3. The SMILES string of the molecule is COc1cccc(Nc2cc(Oc3ccc(NC(=O)Nc4cc(C(C)(C)C)cc(P(C)(C)=O)c4OC)c4ccccc34)ccn2)c1. The molecule has 0 aliphatic heterocycles. The van der Waals surface area contributed by atoms with E-state index in [2.05, 4.69) is 41.7 Å². The van der Waals surface area contributed by atoms with E-state index in [1.54, 1.807) is 38.8 Å². The van der Waals surface area contributed by atoms with Crippen molar-refractivity contribution in [3.63, 3.8) is 0 Å². The van der Waals surface area contributed by atoms with Gasteiger partial charge in [0.25, 0.3) is 0 Å². The Kier molecular flexibility index (Phi) is 9.26. The molecule has 2 amide bonds. The Morgan fingerprint density at radius 2 is 1.52 bits per heavy atom. The van der Waals surface area contributed by atoms with Gasteiger partial charge in [-0.25, -0.2) is 9.78 Å². The van der Waals surface area contributed by atoms with Crippen LogP contribution in [0.4, 0.5) is 27.7 Å². The fourth-order valence-electron chi connectivity index (χ4n) is 5.02. The summed E-state index contributed by atoms with van der Waals surface area (Å²) in [6.07, 6.45) is 1.67. The number of pyridine rings is 1. The van der Waals surface area contributed by atoms with Crippen LogP contribution < -0.4 is 35.5 Å². The summed E-state index contributed by atoms with van der Waals surface area (Å²) in [5.74, 6) is 2.95. The number of aromatic nitrogens is 1. The minimum atomic E-state index is -2.72. The van der Waals surface area contributed by atoms with E-state index in [-0.39, 0.29) is 5.41 Å². The molecule has 10 heteroatoms. The molecule has 46 heavy (non-hydrogen) atoms. The van der Waals surface area contributed by atoms with Crippen LogP contribution in [0.2, 0.25) is 0 Å². The van der Waals surface area contributed by atoms with Crippen molar-refractivity contribution in [1.82, 2.24) is 4.98 Å². The number of hydrogen-bond acceptors (Lipinski definition) is 7. The zero-order valence-electron chi connectivity index (χ0n) is 27.1. The zero-order chi connectivity index (χ0) is 33.1. The Bertz CT molecular complexity index is 1950. The lowest BCUT2D eigenvalue weighted by Gasteiger charge is -2.25. The van der Waals surface area contributed by atoms with Crippen molar-refractivity contribution in [3.05, 3.63) is 96.7 Å². The lowest BCUT2D eigenvalue weighted by molar-refractivity contribution is 0.262. The molecule has 0 aliphatic rings. The van der Waals surface area contributed by atoms with Crippen molar-refractivity contribution in [3.8, 4) is 23.0 Å². The van der Waals surface area contributed by atoms with Crippen molar-refractivity contribution in [2.75, 3.05) is 43.5 Å². The Labute approximate surface area is 269 Å². The molecule has 0 radical (unpaired) electrons. The molecule has 0 atom stereocenters. The fraction of sp³-hybridized carbons (Fsp3) is 0.222. The maximum absolute atomic E-state index is 13.4. The molecule has 5 rings (SSSR count). The average Bonchev–Trinajstić information content (AvgIpc) is 3.01. The molecule has 0 fully saturated rings. The maximum Gasteiger partial charge on any atom is 0.323 e. The first-order chi connectivity index (χ1) is 21.9. The van der Waals surface area contributed by atoms with E-state index in [0.29, 0.717) is 39.7 Å². The second-order valence-electron chi connectivity index (χ2n) is 12.2. The first-order valence-corrected chi connectivity index (χ1v) is 17.4. The van der Waals surface area contributed by atoms with Gasteiger partial charge in [-0.15, -0.1) is 0 Å². The van der Waals surface area contributed by atoms with Gasteiger partial charge in [0, 0.05) is 34.8 Å². The van der Waals surface area contributed by atoms with Gasteiger partial charge in [0.15, 0.2) is 5.75 Å². The summed E-state index contributed by atoms with van der Waals surface area (Å²) in [5.41, 5.74) is 2.58. The van der Waals surface area contributed by atoms with Gasteiger partial charge in [0.05, 0.1) is 30.9 Å². The van der Waals surface area contributed by atoms with Crippen LogP contribution in [0.5, 0.6) is 23.0 Å². The highest BCUT2D eigenvalue weighted by atomic mass is 31.2. The van der Waals surface area contributed by atoms with Crippen LogP contribution in [-0.4, -0.2) is 38.6 Å². The number of carbonyl (C=O) groups is 1. The minimum absolute atomic E-state index is 0.240. The van der Waals surface area contributed by atoms with Crippen molar-refractivity contribution in [1.29, 1.82) is 0 Å². The smallest absolute Gasteiger partial charge is 0.323 e. The number of rotatable bonds is 9. The summed E-state index contributed by atoms with van der Waals surface area (Å²) in [4.78, 5) is 17.8. The number of amides is 2. The molecule has 9 nitrogen and oxygen atoms in total. The number of nitrogens with zero attached hydrogens (tertiary/aromatic N) is 1. The standard InChI is InChI=1S/C36H39N4O5P/c1-36(2,3)23-19-30(34(44-5)32(20-23)46(6,7)42)40-35(41)39-29-15-16-31(28-14-9-8-13-27(28)29)45-26-17-18-37-33(22-26)38-24-11-10-12-25(21-24)43-4/h8-22H,1-7H3,(H,37,38)(H2,39,40,41). The second-order valence-corrected chi connectivity index (χ2v) is 15.4. The third-order valence-corrected chi connectivity index (χ3v) is 8.89. The number of hydrogen-bond donors (Lipinski definition) is 3. The lowest BCUT2D eigenvalue weighted by Crippen LogP contribution is -2.23. The predicted molar refractivity (Wildman–Crippen MR) is 188 cm³/mol. The molecule has 0 saturated heterocycles. The van der Waals surface area contributed by atoms with Crippen LogP contribution in [0.1, 0.15) is 26.3 Å². The average molecular weight is 639 g/mol. The van der Waals surface area contributed by atoms with Gasteiger partial charge < -0.3 is 34.7 Å². The summed E-state index contributed by atoms with van der Waals surface area (Å²) < 4.78 is 30.5. The van der Waals surface area contributed by atoms with E-state index in [0.717, 1.165) is 27.8 Å². The molecule has 238 valence electrons. The van der Waals surface area contributed by atoms with Crippen LogP contribution in [0.15, 0.2) is 91.1 Å². The first-order valence-electron chi connectivity index (χ1n) is 14.8. The lowest BCUT2D eigenvalue weighted by atomic mass is 9.86. The number of urea groups is 1. The third kappa shape index (κ3) is 7.44. The van der Waals surface area contributed by atoms with Gasteiger partial charge in [-0.1, -0.05) is 51.1 Å². The number of anilines is 4. The molecular weight excluding hydrogens is 599 g/mol. The zero-order valence-corrected chi connectivity index (χ0v) is 28.0. The van der Waals surface area contributed by atoms with E-state index in [1.165, 1.54) is 7.11 Å². The number of carbonyl (C=O) groups excluding carboxylic acids is 1. The van der Waals surface area contributed by atoms with Crippen LogP contribution in [-0.2, 0) is 9.98 Å². The molecule has 0 spiro atoms. The van der Waals surface area contributed by atoms with Crippen LogP contribution in [0, 0.1) is 0 Å². The van der Waals surface area contributed by atoms with Crippen LogP contribution >= 0.6 is 7.14 Å². The van der Waals surface area contributed by atoms with Gasteiger partial charge in [-0.05, 0) is 66.8 Å². The Morgan fingerprint density at radius 3 is 2.22 bits per heavy atom. The van der Waals surface area contributed by atoms with Crippen LogP contribution in [0.3, 0.4) is 0 Å². The topological polar surface area (TPSA) is 111 Å². The molecule has 0 saturated carbocycles. The second kappa shape index (κ2) is 13.2. The minimum Gasteiger partial charge on any atom is -0.497 e. The summed E-state index contributed by atoms with van der Waals surface area (Å²) in [5, 5.41) is 11.4. The highest BCUT2D eigenvalue weighted by Crippen LogP contribution is 2.43. The maximum atomic E-state index is 13.4. The Morgan fingerprint density at radius 1 is 0.783 bits per heavy atom. The Balaban J connectivity index is 1.40. The van der Waals surface area contributed by atoms with Crippen molar-refractivity contribution in [2.45, 2.75) is 26.2 Å². The van der Waals surface area contributed by atoms with Crippen molar-refractivity contribution in [2.24, 2.45) is 0 Å². The van der Waals surface area contributed by atoms with E-state index in [4.69, 9.17) is 14.2 Å². The first kappa shape index (κ1) is 32.4. The van der Waals surface area contributed by atoms with Gasteiger partial charge in [-0.3, -0.25) is 0 Å². The molecule has 0 unspecified atom stereocenters. The van der Waals surface area contributed by atoms with Gasteiger partial charge in [0.2, 0.25) is 0 Å². The van der Waals surface area contributed by atoms with E-state index in [1.807, 2.05) is 72.8 Å². The van der Waals surface area contributed by atoms with Crippen LogP contribution in [0.25, 0.3) is 10.8 Å². The molecular formula is C36H39N4O5P. The highest BCUT2D eigenvalue weighted by molar-refractivity contribution is 7.70. The molecule has 0 bridgehead atoms. The summed E-state index contributed by atoms with van der Waals surface area (Å²) in [7, 11) is 0.419. The van der Waals surface area contributed by atoms with Gasteiger partial charge in [-0.2, -0.15) is 0 Å². The van der Waals surface area contributed by atoms with E-state index >= 15 is 0 Å². The fourth-order valence-corrected chi connectivity index (χ4v) is 6.17. The largest absolute Gasteiger partial charge is 0.497 e. The van der Waals surface area contributed by atoms with Gasteiger partial charge in [0.1, 0.15) is 30.2 Å². The number of methoxy groups -OCH3 is 2. The summed E-state index contributed by atoms with van der Waals surface area (Å²) >= 11 is 0. The normalized spacial score (nSPS) is 11.5. The summed E-state index contributed by atoms with van der Waals surface area (Å²) in [6, 6.07) is 25.8. The highest BCUT2D eigenvalue weighted by Gasteiger charge is 2.26. The predicted octanol–water partition coefficient (Wildman–Crippen LogP) is 8.98. The summed E-state index contributed by atoms with van der Waals surface area (Å²) in [6.45, 7) is 9.59. The molecule has 1 aromatic heterocycles.